The predicted molar refractivity (Wildman–Crippen MR) is 203 cm³/mol. The lowest BCUT2D eigenvalue weighted by Crippen LogP contribution is -2.58. The van der Waals surface area contributed by atoms with Crippen molar-refractivity contribution in [2.75, 3.05) is 27.3 Å². The lowest BCUT2D eigenvalue weighted by Gasteiger charge is -2.26. The summed E-state index contributed by atoms with van der Waals surface area (Å²) in [5.74, 6) is 1.41. The Morgan fingerprint density at radius 1 is 1.23 bits per heavy atom. The largest absolute Gasteiger partial charge is 0.495 e. The first-order valence-electron chi connectivity index (χ1n) is 17.5. The van der Waals surface area contributed by atoms with Gasteiger partial charge in [0.1, 0.15) is 38.8 Å². The normalized spacial score (nSPS) is 23.5. The van der Waals surface area contributed by atoms with Gasteiger partial charge in [0.05, 0.1) is 24.9 Å². The van der Waals surface area contributed by atoms with E-state index in [1.165, 1.54) is 23.3 Å². The highest BCUT2D eigenvalue weighted by Crippen LogP contribution is 2.47. The number of allylic oxidation sites excluding steroid dienone is 1. The van der Waals surface area contributed by atoms with E-state index >= 15 is 0 Å². The number of rotatable bonds is 10. The van der Waals surface area contributed by atoms with Gasteiger partial charge in [-0.15, -0.1) is 17.8 Å². The van der Waals surface area contributed by atoms with E-state index in [9.17, 15) is 22.8 Å². The summed E-state index contributed by atoms with van der Waals surface area (Å²) in [6.07, 6.45) is 12.2. The van der Waals surface area contributed by atoms with Crippen molar-refractivity contribution in [2.24, 2.45) is 5.92 Å². The number of nitrogens with one attached hydrogen (secondary N) is 3. The van der Waals surface area contributed by atoms with Gasteiger partial charge in [-0.2, -0.15) is 0 Å². The Labute approximate surface area is 318 Å². The summed E-state index contributed by atoms with van der Waals surface area (Å²) in [5, 5.41) is 9.15. The molecule has 1 aromatic carbocycles. The number of fused-ring (bicyclic) bond motifs is 2. The maximum Gasteiger partial charge on any atom is 0.317 e. The maximum atomic E-state index is 14.0. The van der Waals surface area contributed by atoms with Gasteiger partial charge in [0.15, 0.2) is 4.75 Å². The first kappa shape index (κ1) is 38.3. The van der Waals surface area contributed by atoms with Crippen LogP contribution in [-0.2, 0) is 19.6 Å². The fourth-order valence-corrected chi connectivity index (χ4v) is 8.90. The minimum absolute atomic E-state index is 0.0000918. The number of ether oxygens (including phenoxy) is 2. The average molecular weight is 783 g/mol. The monoisotopic (exact) mass is 782 g/mol. The second kappa shape index (κ2) is 15.2. The zero-order valence-electron chi connectivity index (χ0n) is 30.0. The lowest BCUT2D eigenvalue weighted by atomic mass is 10.1. The molecule has 2 saturated carbocycles. The Kier molecular flexibility index (Phi) is 11.0. The minimum atomic E-state index is -4.20. The molecule has 0 bridgehead atoms. The van der Waals surface area contributed by atoms with E-state index in [1.54, 1.807) is 25.2 Å². The highest BCUT2D eigenvalue weighted by molar-refractivity contribution is 7.92. The molecule has 3 atom stereocenters. The van der Waals surface area contributed by atoms with E-state index in [1.807, 2.05) is 17.5 Å². The molecule has 3 aromatic rings. The quantitative estimate of drug-likeness (QED) is 0.186. The van der Waals surface area contributed by atoms with Gasteiger partial charge in [0.25, 0.3) is 15.9 Å². The molecular weight excluding hydrogens is 740 g/mol. The van der Waals surface area contributed by atoms with Crippen LogP contribution in [0.3, 0.4) is 0 Å². The molecule has 4 amide bonds. The Bertz CT molecular complexity index is 2110. The molecule has 282 valence electrons. The van der Waals surface area contributed by atoms with Gasteiger partial charge in [-0.25, -0.2) is 27.9 Å². The van der Waals surface area contributed by atoms with Gasteiger partial charge in [-0.3, -0.25) is 9.59 Å². The molecule has 2 aromatic heterocycles. The summed E-state index contributed by atoms with van der Waals surface area (Å²) in [7, 11) is -1.04. The van der Waals surface area contributed by atoms with Crippen LogP contribution in [0.2, 0.25) is 5.02 Å². The minimum Gasteiger partial charge on any atom is -0.495 e. The molecule has 3 aliphatic rings. The van der Waals surface area contributed by atoms with E-state index in [-0.39, 0.29) is 38.2 Å². The van der Waals surface area contributed by atoms with E-state index < -0.39 is 50.1 Å². The first-order chi connectivity index (χ1) is 25.2. The molecule has 3 N–H and O–H groups in total. The van der Waals surface area contributed by atoms with E-state index in [4.69, 9.17) is 37.5 Å². The standard InChI is InChI=1S/C37H43ClN6O7S2/c1-6-36(15-16-36)53(48,49)43-34(46)37-20-23(37)11-9-7-8-10-17-44(4)35(47)41-25(32(45)42-37)14-18-51-29-19-26(33-40-27(21-52-33)22(2)3)39-31-24(29)12-13-28(50-5)30(31)38/h1,9,11-13,19,21-23,25H,7-8,10,14-18,20H2,2-5H3,(H,41,47)(H,42,45)(H,43,46)/b11-9-/t23-,25+,37-/m1/s1. The van der Waals surface area contributed by atoms with Crippen molar-refractivity contribution in [2.45, 2.75) is 81.0 Å². The van der Waals surface area contributed by atoms with Gasteiger partial charge >= 0.3 is 6.03 Å². The zero-order chi connectivity index (χ0) is 38.1. The summed E-state index contributed by atoms with van der Waals surface area (Å²) in [5.41, 5.74) is 0.365. The molecule has 16 heteroatoms. The van der Waals surface area contributed by atoms with Crippen LogP contribution in [0.15, 0.2) is 35.7 Å². The number of amides is 4. The second-order valence-electron chi connectivity index (χ2n) is 14.0. The van der Waals surface area contributed by atoms with E-state index in [2.05, 4.69) is 35.1 Å². The van der Waals surface area contributed by atoms with Crippen molar-refractivity contribution >= 4 is 61.7 Å². The fraction of sp³-hybridized carbons (Fsp3) is 0.486. The summed E-state index contributed by atoms with van der Waals surface area (Å²) in [4.78, 5) is 52.1. The number of thiazole rings is 1. The van der Waals surface area contributed by atoms with Crippen LogP contribution in [0.1, 0.15) is 70.4 Å². The molecule has 2 aliphatic carbocycles. The third-order valence-corrected chi connectivity index (χ3v) is 13.2. The molecule has 53 heavy (non-hydrogen) atoms. The van der Waals surface area contributed by atoms with Crippen LogP contribution < -0.4 is 24.8 Å². The number of terminal acetylenes is 1. The number of hydrogen-bond donors (Lipinski definition) is 3. The Balaban J connectivity index is 1.27. The number of benzene rings is 1. The molecule has 13 nitrogen and oxygen atoms in total. The van der Waals surface area contributed by atoms with Gasteiger partial charge in [-0.1, -0.05) is 43.5 Å². The van der Waals surface area contributed by atoms with Crippen LogP contribution in [0, 0.1) is 18.3 Å². The number of hydrogen-bond acceptors (Lipinski definition) is 10. The Morgan fingerprint density at radius 2 is 2.00 bits per heavy atom. The SMILES string of the molecule is C#CC1(S(=O)(=O)NC(=O)[C@@]23C[C@H]2/C=C\CCCCN(C)C(=O)N[C@@H](CCOc2cc(-c4nc(C(C)C)cs4)nc4c(Cl)c(OC)ccc24)C(=O)N3)CC1. The summed E-state index contributed by atoms with van der Waals surface area (Å²) in [6.45, 7) is 4.54. The molecule has 0 spiro atoms. The van der Waals surface area contributed by atoms with Gasteiger partial charge in [0.2, 0.25) is 5.91 Å². The third kappa shape index (κ3) is 7.81. The van der Waals surface area contributed by atoms with Gasteiger partial charge in [0, 0.05) is 42.8 Å². The molecule has 2 fully saturated rings. The van der Waals surface area contributed by atoms with Crippen LogP contribution in [0.25, 0.3) is 21.6 Å². The van der Waals surface area contributed by atoms with Crippen LogP contribution in [-0.4, -0.2) is 84.8 Å². The van der Waals surface area contributed by atoms with Crippen molar-refractivity contribution in [3.63, 3.8) is 0 Å². The number of pyridine rings is 1. The highest BCUT2D eigenvalue weighted by Gasteiger charge is 2.63. The van der Waals surface area contributed by atoms with Gasteiger partial charge < -0.3 is 25.0 Å². The number of aromatic nitrogens is 2. The molecule has 6 rings (SSSR count). The van der Waals surface area contributed by atoms with Crippen LogP contribution in [0.5, 0.6) is 11.5 Å². The average Bonchev–Trinajstić information content (AvgIpc) is 4.02. The number of sulfonamides is 1. The molecule has 0 radical (unpaired) electrons. The topological polar surface area (TPSA) is 169 Å². The maximum absolute atomic E-state index is 14.0. The molecule has 0 saturated heterocycles. The summed E-state index contributed by atoms with van der Waals surface area (Å²) < 4.78 is 38.7. The van der Waals surface area contributed by atoms with Crippen molar-refractivity contribution < 1.29 is 32.3 Å². The number of methoxy groups -OCH3 is 1. The number of carbonyl (C=O) groups is 3. The summed E-state index contributed by atoms with van der Waals surface area (Å²) in [6, 6.07) is 3.62. The van der Waals surface area contributed by atoms with Crippen molar-refractivity contribution in [3.8, 4) is 34.5 Å². The van der Waals surface area contributed by atoms with Crippen molar-refractivity contribution in [1.29, 1.82) is 0 Å². The highest BCUT2D eigenvalue weighted by atomic mass is 35.5. The van der Waals surface area contributed by atoms with Gasteiger partial charge in [-0.05, 0) is 56.6 Å². The Hall–Kier alpha value is -4.39. The fourth-order valence-electron chi connectivity index (χ4n) is 6.26. The van der Waals surface area contributed by atoms with Crippen LogP contribution >= 0.6 is 22.9 Å². The van der Waals surface area contributed by atoms with Crippen LogP contribution in [0.4, 0.5) is 4.79 Å². The second-order valence-corrected chi connectivity index (χ2v) is 17.3. The molecule has 1 aliphatic heterocycles. The predicted octanol–water partition coefficient (Wildman–Crippen LogP) is 5.15. The smallest absolute Gasteiger partial charge is 0.317 e. The zero-order valence-corrected chi connectivity index (χ0v) is 32.4. The third-order valence-electron chi connectivity index (χ3n) is 9.98. The Morgan fingerprint density at radius 3 is 2.68 bits per heavy atom. The van der Waals surface area contributed by atoms with E-state index in [0.717, 1.165) is 18.5 Å². The lowest BCUT2D eigenvalue weighted by molar-refractivity contribution is -0.130. The number of halogens is 1. The van der Waals surface area contributed by atoms with Crippen molar-refractivity contribution in [3.05, 3.63) is 46.4 Å². The van der Waals surface area contributed by atoms with Crippen molar-refractivity contribution in [1.82, 2.24) is 30.2 Å². The number of carbonyl (C=O) groups excluding carboxylic acids is 3. The number of nitrogens with zero attached hydrogens (tertiary/aromatic N) is 3. The molecular formula is C37H43ClN6O7S2. The molecule has 3 heterocycles. The molecule has 0 unspecified atom stereocenters. The number of urea groups is 1. The van der Waals surface area contributed by atoms with E-state index in [0.29, 0.717) is 51.1 Å². The first-order valence-corrected chi connectivity index (χ1v) is 20.3. The summed E-state index contributed by atoms with van der Waals surface area (Å²) >= 11 is 8.17.